The van der Waals surface area contributed by atoms with Crippen LogP contribution in [0.2, 0.25) is 5.02 Å². The van der Waals surface area contributed by atoms with Crippen LogP contribution in [0, 0.1) is 11.7 Å². The number of aromatic nitrogens is 3. The Hall–Kier alpha value is -4.31. The van der Waals surface area contributed by atoms with Crippen molar-refractivity contribution < 1.29 is 14.3 Å². The van der Waals surface area contributed by atoms with Crippen LogP contribution in [-0.2, 0) is 4.79 Å². The first-order chi connectivity index (χ1) is 20.4. The molecule has 3 heterocycles. The van der Waals surface area contributed by atoms with Crippen LogP contribution in [0.15, 0.2) is 64.1 Å². The maximum Gasteiger partial charge on any atom is 0.355 e. The van der Waals surface area contributed by atoms with Gasteiger partial charge in [0.25, 0.3) is 0 Å². The highest BCUT2D eigenvalue weighted by atomic mass is 35.5. The lowest BCUT2D eigenvalue weighted by atomic mass is 10.0. The summed E-state index contributed by atoms with van der Waals surface area (Å²) < 4.78 is 16.4. The van der Waals surface area contributed by atoms with Crippen molar-refractivity contribution in [1.82, 2.24) is 19.4 Å². The van der Waals surface area contributed by atoms with Crippen molar-refractivity contribution >= 4 is 46.8 Å². The zero-order valence-corrected chi connectivity index (χ0v) is 26.0. The monoisotopic (exact) mass is 606 g/mol. The summed E-state index contributed by atoms with van der Waals surface area (Å²) in [6.45, 7) is 19.5. The van der Waals surface area contributed by atoms with E-state index in [4.69, 9.17) is 16.6 Å². The topological polar surface area (TPSA) is 104 Å². The summed E-state index contributed by atoms with van der Waals surface area (Å²) in [6, 6.07) is 5.06. The van der Waals surface area contributed by atoms with E-state index in [2.05, 4.69) is 23.3 Å². The number of allylic oxidation sites excluding steroid dienone is 4. The Morgan fingerprint density at radius 1 is 1.23 bits per heavy atom. The van der Waals surface area contributed by atoms with Crippen LogP contribution in [0.1, 0.15) is 41.5 Å². The molecule has 0 aliphatic carbocycles. The highest BCUT2D eigenvalue weighted by Gasteiger charge is 2.34. The Bertz CT molecular complexity index is 1710. The third kappa shape index (κ3) is 5.71. The molecule has 0 radical (unpaired) electrons. The van der Waals surface area contributed by atoms with E-state index in [-0.39, 0.29) is 51.6 Å². The van der Waals surface area contributed by atoms with E-state index >= 15 is 4.39 Å². The number of aliphatic imine (C=N–C) groups is 1. The number of amides is 1. The van der Waals surface area contributed by atoms with Crippen LogP contribution in [0.4, 0.5) is 10.2 Å². The van der Waals surface area contributed by atoms with Gasteiger partial charge in [0.2, 0.25) is 5.91 Å². The number of anilines is 1. The molecule has 226 valence electrons. The second-order valence-electron chi connectivity index (χ2n) is 10.9. The number of hydrogen-bond acceptors (Lipinski definition) is 7. The summed E-state index contributed by atoms with van der Waals surface area (Å²) >= 11 is 6.75. The minimum absolute atomic E-state index is 0.0339. The molecule has 3 aromatic rings. The number of phenolic OH excluding ortho intramolecular Hbond substituents is 1. The second-order valence-corrected chi connectivity index (χ2v) is 11.4. The quantitative estimate of drug-likeness (QED) is 0.199. The molecule has 0 unspecified atom stereocenters. The van der Waals surface area contributed by atoms with Crippen LogP contribution in [0.3, 0.4) is 0 Å². The van der Waals surface area contributed by atoms with Crippen LogP contribution in [0.5, 0.6) is 5.75 Å². The second kappa shape index (κ2) is 12.5. The van der Waals surface area contributed by atoms with Gasteiger partial charge in [-0.15, -0.1) is 0 Å². The predicted octanol–water partition coefficient (Wildman–Crippen LogP) is 6.06. The Morgan fingerprint density at radius 3 is 2.42 bits per heavy atom. The third-order valence-electron chi connectivity index (χ3n) is 7.67. The zero-order chi connectivity index (χ0) is 31.7. The fraction of sp³-hybridized carbons (Fsp3) is 0.344. The van der Waals surface area contributed by atoms with Gasteiger partial charge in [-0.3, -0.25) is 9.79 Å². The Morgan fingerprint density at radius 2 is 1.88 bits per heavy atom. The van der Waals surface area contributed by atoms with E-state index in [9.17, 15) is 14.7 Å². The van der Waals surface area contributed by atoms with Crippen molar-refractivity contribution in [3.05, 3.63) is 75.6 Å². The van der Waals surface area contributed by atoms with E-state index < -0.39 is 11.5 Å². The summed E-state index contributed by atoms with van der Waals surface area (Å²) in [5, 5.41) is 11.1. The van der Waals surface area contributed by atoms with Crippen LogP contribution in [0.25, 0.3) is 28.0 Å². The van der Waals surface area contributed by atoms with E-state index in [1.54, 1.807) is 11.0 Å². The summed E-state index contributed by atoms with van der Waals surface area (Å²) in [6.07, 6.45) is 3.13. The fourth-order valence-electron chi connectivity index (χ4n) is 5.67. The Kier molecular flexibility index (Phi) is 9.20. The number of nitrogens with zero attached hydrogens (tertiary/aromatic N) is 6. The first-order valence-electron chi connectivity index (χ1n) is 14.0. The van der Waals surface area contributed by atoms with Gasteiger partial charge in [0, 0.05) is 25.2 Å². The van der Waals surface area contributed by atoms with Gasteiger partial charge in [0.1, 0.15) is 17.4 Å². The highest BCUT2D eigenvalue weighted by molar-refractivity contribution is 6.34. The molecule has 2 aromatic heterocycles. The molecule has 43 heavy (non-hydrogen) atoms. The SMILES string of the molecule is C=CC(=O)N1[C@H](C)CN(c2nc(=O)n(C(/C(C)=C\C)=C(/N=C)C(C)C)c3nc(-c4c(O)cccc4F)c(Cl)cc23)C[C@@H]1C. The predicted molar refractivity (Wildman–Crippen MR) is 171 cm³/mol. The van der Waals surface area contributed by atoms with Gasteiger partial charge in [0.05, 0.1) is 33.1 Å². The lowest BCUT2D eigenvalue weighted by Crippen LogP contribution is -2.58. The number of carbonyl (C=O) groups excluding carboxylic acids is 1. The number of piperazine rings is 1. The molecule has 1 aliphatic heterocycles. The standard InChI is InChI=1S/C32H36ClFN6O3/c1-9-18(5)29(27(35-8)17(3)4)40-31-21(14-22(33)28(36-31)26-23(34)12-11-13-24(26)41)30(37-32(40)43)38-15-19(6)39(20(7)16-38)25(42)10-2/h9-14,17,19-20,41H,2,8,15-16H2,1,3-7H3/b18-9-,29-27+/t19-,20+. The summed E-state index contributed by atoms with van der Waals surface area (Å²) in [4.78, 5) is 43.9. The number of rotatable bonds is 7. The summed E-state index contributed by atoms with van der Waals surface area (Å²) in [5.41, 5.74) is 1.00. The molecular weight excluding hydrogens is 571 g/mol. The number of pyridine rings is 1. The fourth-order valence-corrected chi connectivity index (χ4v) is 5.91. The summed E-state index contributed by atoms with van der Waals surface area (Å²) in [5.74, 6) is -1.04. The molecule has 1 N–H and O–H groups in total. The first kappa shape index (κ1) is 31.6. The molecular formula is C32H36ClFN6O3. The van der Waals surface area contributed by atoms with Gasteiger partial charge in [-0.1, -0.05) is 44.2 Å². The zero-order valence-electron chi connectivity index (χ0n) is 25.2. The van der Waals surface area contributed by atoms with Crippen molar-refractivity contribution in [2.45, 2.75) is 53.6 Å². The molecule has 0 bridgehead atoms. The third-order valence-corrected chi connectivity index (χ3v) is 7.96. The van der Waals surface area contributed by atoms with Gasteiger partial charge in [-0.05, 0) is 70.2 Å². The van der Waals surface area contributed by atoms with Crippen LogP contribution in [-0.4, -0.2) is 62.3 Å². The average Bonchev–Trinajstić information content (AvgIpc) is 2.95. The van der Waals surface area contributed by atoms with Crippen molar-refractivity contribution in [3.63, 3.8) is 0 Å². The molecule has 1 aromatic carbocycles. The van der Waals surface area contributed by atoms with Gasteiger partial charge in [-0.25, -0.2) is 18.7 Å². The number of hydrogen-bond donors (Lipinski definition) is 1. The lowest BCUT2D eigenvalue weighted by Gasteiger charge is -2.44. The molecule has 9 nitrogen and oxygen atoms in total. The average molecular weight is 607 g/mol. The summed E-state index contributed by atoms with van der Waals surface area (Å²) in [7, 11) is 0. The van der Waals surface area contributed by atoms with Crippen LogP contribution < -0.4 is 10.6 Å². The minimum Gasteiger partial charge on any atom is -0.507 e. The maximum absolute atomic E-state index is 15.1. The van der Waals surface area contributed by atoms with E-state index in [0.717, 1.165) is 5.57 Å². The molecule has 1 aliphatic rings. The number of fused-ring (bicyclic) bond motifs is 1. The molecule has 1 fully saturated rings. The molecule has 11 heteroatoms. The van der Waals surface area contributed by atoms with Crippen molar-refractivity contribution in [2.24, 2.45) is 10.9 Å². The van der Waals surface area contributed by atoms with Gasteiger partial charge in [0.15, 0.2) is 5.65 Å². The smallest absolute Gasteiger partial charge is 0.355 e. The Labute approximate surface area is 255 Å². The number of aromatic hydroxyl groups is 1. The maximum atomic E-state index is 15.1. The number of halogens is 2. The van der Waals surface area contributed by atoms with E-state index in [1.807, 2.05) is 52.5 Å². The van der Waals surface area contributed by atoms with Gasteiger partial charge in [-0.2, -0.15) is 4.98 Å². The first-order valence-corrected chi connectivity index (χ1v) is 14.4. The number of carbonyl (C=O) groups is 1. The highest BCUT2D eigenvalue weighted by Crippen LogP contribution is 2.39. The molecule has 0 spiro atoms. The van der Waals surface area contributed by atoms with Gasteiger partial charge < -0.3 is 14.9 Å². The number of benzene rings is 1. The Balaban J connectivity index is 2.12. The van der Waals surface area contributed by atoms with Crippen molar-refractivity contribution in [2.75, 3.05) is 18.0 Å². The van der Waals surface area contributed by atoms with Crippen LogP contribution >= 0.6 is 11.6 Å². The molecule has 2 atom stereocenters. The van der Waals surface area contributed by atoms with Crippen molar-refractivity contribution in [3.8, 4) is 17.0 Å². The van der Waals surface area contributed by atoms with E-state index in [1.165, 1.54) is 28.8 Å². The number of phenols is 1. The van der Waals surface area contributed by atoms with Gasteiger partial charge >= 0.3 is 5.69 Å². The van der Waals surface area contributed by atoms with E-state index in [0.29, 0.717) is 35.7 Å². The molecule has 1 saturated heterocycles. The largest absolute Gasteiger partial charge is 0.507 e. The minimum atomic E-state index is -0.724. The molecule has 4 rings (SSSR count). The molecule has 1 amide bonds. The molecule has 0 saturated carbocycles. The lowest BCUT2D eigenvalue weighted by molar-refractivity contribution is -0.130. The normalized spacial score (nSPS) is 18.2. The van der Waals surface area contributed by atoms with Crippen molar-refractivity contribution in [1.29, 1.82) is 0 Å².